The van der Waals surface area contributed by atoms with Crippen molar-refractivity contribution in [2.75, 3.05) is 5.32 Å². The van der Waals surface area contributed by atoms with Crippen LogP contribution in [0.1, 0.15) is 21.6 Å². The summed E-state index contributed by atoms with van der Waals surface area (Å²) in [7, 11) is 0. The minimum atomic E-state index is -0.180. The maximum absolute atomic E-state index is 12.7. The van der Waals surface area contributed by atoms with Crippen molar-refractivity contribution in [2.45, 2.75) is 13.5 Å². The SMILES string of the molecule is Cc1c(NC(=O)c2ccc3cccc(CN)c3c2)nc2ccccn12. The monoisotopic (exact) mass is 330 g/mol. The van der Waals surface area contributed by atoms with Crippen LogP contribution in [0.15, 0.2) is 60.8 Å². The first kappa shape index (κ1) is 15.4. The lowest BCUT2D eigenvalue weighted by Gasteiger charge is -2.08. The molecular weight excluding hydrogens is 312 g/mol. The number of aryl methyl sites for hydroxylation is 1. The topological polar surface area (TPSA) is 72.4 Å². The zero-order valence-electron chi connectivity index (χ0n) is 13.9. The Morgan fingerprint density at radius 1 is 1.16 bits per heavy atom. The van der Waals surface area contributed by atoms with Crippen LogP contribution in [-0.4, -0.2) is 15.3 Å². The summed E-state index contributed by atoms with van der Waals surface area (Å²) < 4.78 is 1.95. The molecule has 25 heavy (non-hydrogen) atoms. The van der Waals surface area contributed by atoms with E-state index in [4.69, 9.17) is 5.73 Å². The molecule has 0 saturated heterocycles. The van der Waals surface area contributed by atoms with Gasteiger partial charge in [-0.25, -0.2) is 4.98 Å². The summed E-state index contributed by atoms with van der Waals surface area (Å²) in [5.41, 5.74) is 9.13. The molecule has 0 saturated carbocycles. The van der Waals surface area contributed by atoms with E-state index in [-0.39, 0.29) is 5.91 Å². The van der Waals surface area contributed by atoms with Crippen molar-refractivity contribution in [1.82, 2.24) is 9.38 Å². The van der Waals surface area contributed by atoms with Crippen molar-refractivity contribution in [3.63, 3.8) is 0 Å². The third-order valence-corrected chi connectivity index (χ3v) is 4.46. The summed E-state index contributed by atoms with van der Waals surface area (Å²) in [5, 5.41) is 4.99. The highest BCUT2D eigenvalue weighted by Crippen LogP contribution is 2.22. The van der Waals surface area contributed by atoms with Gasteiger partial charge in [0.15, 0.2) is 5.82 Å². The van der Waals surface area contributed by atoms with E-state index in [9.17, 15) is 4.79 Å². The van der Waals surface area contributed by atoms with Crippen molar-refractivity contribution in [2.24, 2.45) is 5.73 Å². The van der Waals surface area contributed by atoms with Crippen LogP contribution < -0.4 is 11.1 Å². The van der Waals surface area contributed by atoms with E-state index in [1.54, 1.807) is 0 Å². The van der Waals surface area contributed by atoms with Gasteiger partial charge in [0.1, 0.15) is 5.65 Å². The number of nitrogens with two attached hydrogens (primary N) is 1. The number of hydrogen-bond acceptors (Lipinski definition) is 3. The highest BCUT2D eigenvalue weighted by molar-refractivity contribution is 6.06. The summed E-state index contributed by atoms with van der Waals surface area (Å²) in [4.78, 5) is 17.2. The number of nitrogens with one attached hydrogen (secondary N) is 1. The molecule has 0 spiro atoms. The molecule has 2 aromatic heterocycles. The van der Waals surface area contributed by atoms with E-state index >= 15 is 0 Å². The van der Waals surface area contributed by atoms with E-state index in [1.807, 2.05) is 72.1 Å². The largest absolute Gasteiger partial charge is 0.326 e. The van der Waals surface area contributed by atoms with E-state index in [2.05, 4.69) is 10.3 Å². The van der Waals surface area contributed by atoms with Crippen LogP contribution >= 0.6 is 0 Å². The summed E-state index contributed by atoms with van der Waals surface area (Å²) in [6.45, 7) is 2.37. The molecule has 4 rings (SSSR count). The highest BCUT2D eigenvalue weighted by Gasteiger charge is 2.13. The zero-order valence-corrected chi connectivity index (χ0v) is 13.9. The second-order valence-electron chi connectivity index (χ2n) is 5.99. The predicted molar refractivity (Wildman–Crippen MR) is 99.7 cm³/mol. The van der Waals surface area contributed by atoms with Crippen LogP contribution in [-0.2, 0) is 6.54 Å². The lowest BCUT2D eigenvalue weighted by Crippen LogP contribution is -2.13. The van der Waals surface area contributed by atoms with Crippen molar-refractivity contribution >= 4 is 28.1 Å². The smallest absolute Gasteiger partial charge is 0.256 e. The van der Waals surface area contributed by atoms with E-state index in [1.165, 1.54) is 0 Å². The Kier molecular flexibility index (Phi) is 3.71. The molecule has 4 aromatic rings. The molecule has 0 radical (unpaired) electrons. The van der Waals surface area contributed by atoms with Gasteiger partial charge in [0.2, 0.25) is 0 Å². The minimum absolute atomic E-state index is 0.180. The third kappa shape index (κ3) is 2.64. The maximum atomic E-state index is 12.7. The number of aromatic nitrogens is 2. The number of rotatable bonds is 3. The molecule has 1 amide bonds. The summed E-state index contributed by atoms with van der Waals surface area (Å²) in [6.07, 6.45) is 1.93. The Labute approximate surface area is 145 Å². The zero-order chi connectivity index (χ0) is 17.4. The third-order valence-electron chi connectivity index (χ3n) is 4.46. The second kappa shape index (κ2) is 6.03. The first-order valence-electron chi connectivity index (χ1n) is 8.14. The molecule has 2 aromatic carbocycles. The Morgan fingerprint density at radius 2 is 2.04 bits per heavy atom. The Hall–Kier alpha value is -3.18. The molecule has 0 bridgehead atoms. The molecule has 5 nitrogen and oxygen atoms in total. The lowest BCUT2D eigenvalue weighted by molar-refractivity contribution is 0.102. The van der Waals surface area contributed by atoms with Gasteiger partial charge in [-0.05, 0) is 47.5 Å². The van der Waals surface area contributed by atoms with Gasteiger partial charge in [-0.2, -0.15) is 0 Å². The molecule has 0 atom stereocenters. The van der Waals surface area contributed by atoms with Crippen LogP contribution in [0, 0.1) is 6.92 Å². The Morgan fingerprint density at radius 3 is 2.84 bits per heavy atom. The molecular formula is C20H18N4O. The molecule has 0 fully saturated rings. The van der Waals surface area contributed by atoms with Crippen molar-refractivity contribution in [1.29, 1.82) is 0 Å². The fourth-order valence-electron chi connectivity index (χ4n) is 3.07. The van der Waals surface area contributed by atoms with Crippen LogP contribution in [0.4, 0.5) is 5.82 Å². The number of carbonyl (C=O) groups is 1. The average Bonchev–Trinajstić information content (AvgIpc) is 2.96. The fraction of sp³-hybridized carbons (Fsp3) is 0.100. The number of pyridine rings is 1. The number of hydrogen-bond donors (Lipinski definition) is 2. The number of anilines is 1. The van der Waals surface area contributed by atoms with E-state index in [0.29, 0.717) is 17.9 Å². The fourth-order valence-corrected chi connectivity index (χ4v) is 3.07. The normalized spacial score (nSPS) is 11.1. The van der Waals surface area contributed by atoms with E-state index in [0.717, 1.165) is 27.7 Å². The van der Waals surface area contributed by atoms with Gasteiger partial charge in [-0.3, -0.25) is 4.79 Å². The Balaban J connectivity index is 1.70. The molecule has 0 aliphatic rings. The number of fused-ring (bicyclic) bond motifs is 2. The highest BCUT2D eigenvalue weighted by atomic mass is 16.1. The van der Waals surface area contributed by atoms with Gasteiger partial charge >= 0.3 is 0 Å². The summed E-state index contributed by atoms with van der Waals surface area (Å²) >= 11 is 0. The van der Waals surface area contributed by atoms with Crippen molar-refractivity contribution in [3.8, 4) is 0 Å². The standard InChI is InChI=1S/C20H18N4O/c1-13-19(22-18-7-2-3-10-24(13)18)23-20(25)15-9-8-14-5-4-6-16(12-21)17(14)11-15/h2-11H,12,21H2,1H3,(H,23,25). The summed E-state index contributed by atoms with van der Waals surface area (Å²) in [5.74, 6) is 0.392. The van der Waals surface area contributed by atoms with Gasteiger partial charge < -0.3 is 15.5 Å². The Bertz CT molecular complexity index is 1100. The van der Waals surface area contributed by atoms with Gasteiger partial charge in [0, 0.05) is 18.3 Å². The molecule has 5 heteroatoms. The maximum Gasteiger partial charge on any atom is 0.256 e. The lowest BCUT2D eigenvalue weighted by atomic mass is 10.0. The van der Waals surface area contributed by atoms with Crippen LogP contribution in [0.5, 0.6) is 0 Å². The molecule has 124 valence electrons. The number of imidazole rings is 1. The van der Waals surface area contributed by atoms with Crippen LogP contribution in [0.2, 0.25) is 0 Å². The van der Waals surface area contributed by atoms with Crippen LogP contribution in [0.3, 0.4) is 0 Å². The number of nitrogens with zero attached hydrogens (tertiary/aromatic N) is 2. The average molecular weight is 330 g/mol. The van der Waals surface area contributed by atoms with Crippen LogP contribution in [0.25, 0.3) is 16.4 Å². The number of benzene rings is 2. The van der Waals surface area contributed by atoms with Gasteiger partial charge in [-0.15, -0.1) is 0 Å². The van der Waals surface area contributed by atoms with Crippen molar-refractivity contribution < 1.29 is 4.79 Å². The molecule has 3 N–H and O–H groups in total. The molecule has 0 aliphatic carbocycles. The van der Waals surface area contributed by atoms with Gasteiger partial charge in [0.05, 0.1) is 5.69 Å². The number of carbonyl (C=O) groups excluding carboxylic acids is 1. The first-order chi connectivity index (χ1) is 12.2. The molecule has 0 aliphatic heterocycles. The molecule has 0 unspecified atom stereocenters. The minimum Gasteiger partial charge on any atom is -0.326 e. The second-order valence-corrected chi connectivity index (χ2v) is 5.99. The first-order valence-corrected chi connectivity index (χ1v) is 8.14. The number of amides is 1. The predicted octanol–water partition coefficient (Wildman–Crippen LogP) is 3.51. The van der Waals surface area contributed by atoms with Gasteiger partial charge in [-0.1, -0.05) is 30.3 Å². The van der Waals surface area contributed by atoms with E-state index < -0.39 is 0 Å². The molecule has 2 heterocycles. The van der Waals surface area contributed by atoms with Gasteiger partial charge in [0.25, 0.3) is 5.91 Å². The van der Waals surface area contributed by atoms with Crippen molar-refractivity contribution in [3.05, 3.63) is 77.6 Å². The summed E-state index contributed by atoms with van der Waals surface area (Å²) in [6, 6.07) is 17.4. The quantitative estimate of drug-likeness (QED) is 0.604.